The largest absolute Gasteiger partial charge is 0.493 e. The van der Waals surface area contributed by atoms with Gasteiger partial charge in [0.15, 0.2) is 18.1 Å². The van der Waals surface area contributed by atoms with Gasteiger partial charge in [0.05, 0.1) is 14.2 Å². The molecule has 0 bridgehead atoms. The van der Waals surface area contributed by atoms with Crippen molar-refractivity contribution in [3.05, 3.63) is 23.8 Å². The lowest BCUT2D eigenvalue weighted by atomic mass is 9.99. The standard InChI is InChI=1S/C12H13F2NO4/c1-17-8-4-3-7(5-9(8)18-2)10-12(13,14)6-19-11(16)15-10/h3-5,10H,6H2,1-2H3,(H,15,16)/t10-/m1/s1. The lowest BCUT2D eigenvalue weighted by Gasteiger charge is -2.32. The van der Waals surface area contributed by atoms with E-state index in [9.17, 15) is 13.6 Å². The molecule has 1 aromatic rings. The molecule has 0 unspecified atom stereocenters. The van der Waals surface area contributed by atoms with Gasteiger partial charge < -0.3 is 19.5 Å². The van der Waals surface area contributed by atoms with Crippen LogP contribution in [0.3, 0.4) is 0 Å². The maximum absolute atomic E-state index is 13.7. The highest BCUT2D eigenvalue weighted by molar-refractivity contribution is 5.69. The number of carbonyl (C=O) groups is 1. The first kappa shape index (κ1) is 13.4. The van der Waals surface area contributed by atoms with Crippen LogP contribution in [-0.4, -0.2) is 32.8 Å². The van der Waals surface area contributed by atoms with Crippen LogP contribution in [0, 0.1) is 0 Å². The average molecular weight is 273 g/mol. The summed E-state index contributed by atoms with van der Waals surface area (Å²) in [6.45, 7) is -0.947. The summed E-state index contributed by atoms with van der Waals surface area (Å²) in [6.07, 6.45) is -0.870. The van der Waals surface area contributed by atoms with Crippen LogP contribution >= 0.6 is 0 Å². The minimum atomic E-state index is -3.19. The van der Waals surface area contributed by atoms with Gasteiger partial charge in [-0.25, -0.2) is 13.6 Å². The number of carbonyl (C=O) groups excluding carboxylic acids is 1. The number of rotatable bonds is 3. The zero-order valence-electron chi connectivity index (χ0n) is 10.4. The van der Waals surface area contributed by atoms with E-state index in [4.69, 9.17) is 9.47 Å². The zero-order valence-corrected chi connectivity index (χ0v) is 10.4. The van der Waals surface area contributed by atoms with Crippen LogP contribution in [0.15, 0.2) is 18.2 Å². The Hall–Kier alpha value is -2.05. The van der Waals surface area contributed by atoms with Crippen LogP contribution in [0.25, 0.3) is 0 Å². The predicted molar refractivity (Wildman–Crippen MR) is 61.7 cm³/mol. The van der Waals surface area contributed by atoms with E-state index in [1.807, 2.05) is 0 Å². The third-order valence-electron chi connectivity index (χ3n) is 2.82. The van der Waals surface area contributed by atoms with Crippen LogP contribution in [0.5, 0.6) is 11.5 Å². The molecule has 1 atom stereocenters. The molecule has 0 saturated carbocycles. The first-order chi connectivity index (χ1) is 8.97. The Labute approximate surface area is 108 Å². The number of alkyl halides is 2. The lowest BCUT2D eigenvalue weighted by molar-refractivity contribution is -0.104. The monoisotopic (exact) mass is 273 g/mol. The molecule has 1 saturated heterocycles. The molecule has 1 amide bonds. The molecule has 0 aliphatic carbocycles. The fourth-order valence-corrected chi connectivity index (χ4v) is 1.87. The molecule has 0 aromatic heterocycles. The highest BCUT2D eigenvalue weighted by atomic mass is 19.3. The Morgan fingerprint density at radius 1 is 1.32 bits per heavy atom. The van der Waals surface area contributed by atoms with Crippen LogP contribution in [0.4, 0.5) is 13.6 Å². The maximum atomic E-state index is 13.7. The van der Waals surface area contributed by atoms with Gasteiger partial charge in [0, 0.05) is 0 Å². The molecule has 1 aromatic carbocycles. The van der Waals surface area contributed by atoms with Crippen molar-refractivity contribution in [2.45, 2.75) is 12.0 Å². The van der Waals surface area contributed by atoms with E-state index >= 15 is 0 Å². The number of cyclic esters (lactones) is 1. The molecule has 1 heterocycles. The highest BCUT2D eigenvalue weighted by Crippen LogP contribution is 2.38. The maximum Gasteiger partial charge on any atom is 0.408 e. The number of hydrogen-bond donors (Lipinski definition) is 1. The van der Waals surface area contributed by atoms with Crippen LogP contribution < -0.4 is 14.8 Å². The third kappa shape index (κ3) is 2.54. The smallest absolute Gasteiger partial charge is 0.408 e. The van der Waals surface area contributed by atoms with Crippen LogP contribution in [-0.2, 0) is 4.74 Å². The molecule has 2 rings (SSSR count). The first-order valence-corrected chi connectivity index (χ1v) is 5.51. The number of amides is 1. The lowest BCUT2D eigenvalue weighted by Crippen LogP contribution is -2.49. The molecule has 1 fully saturated rings. The Balaban J connectivity index is 2.37. The minimum absolute atomic E-state index is 0.222. The van der Waals surface area contributed by atoms with Gasteiger partial charge in [-0.05, 0) is 17.7 Å². The Morgan fingerprint density at radius 2 is 2.00 bits per heavy atom. The summed E-state index contributed by atoms with van der Waals surface area (Å²) in [5.41, 5.74) is 0.222. The molecule has 0 radical (unpaired) electrons. The van der Waals surface area contributed by atoms with Gasteiger partial charge in [-0.1, -0.05) is 6.07 Å². The minimum Gasteiger partial charge on any atom is -0.493 e. The number of methoxy groups -OCH3 is 2. The van der Waals surface area contributed by atoms with Crippen molar-refractivity contribution in [2.75, 3.05) is 20.8 Å². The van der Waals surface area contributed by atoms with E-state index in [0.29, 0.717) is 11.5 Å². The van der Waals surface area contributed by atoms with E-state index in [0.717, 1.165) is 0 Å². The fraction of sp³-hybridized carbons (Fsp3) is 0.417. The third-order valence-corrected chi connectivity index (χ3v) is 2.82. The van der Waals surface area contributed by atoms with Gasteiger partial charge in [0.2, 0.25) is 0 Å². The fourth-order valence-electron chi connectivity index (χ4n) is 1.87. The molecule has 19 heavy (non-hydrogen) atoms. The van der Waals surface area contributed by atoms with Crippen molar-refractivity contribution in [1.29, 1.82) is 0 Å². The second kappa shape index (κ2) is 4.91. The number of nitrogens with one attached hydrogen (secondary N) is 1. The molecule has 104 valence electrons. The summed E-state index contributed by atoms with van der Waals surface area (Å²) >= 11 is 0. The summed E-state index contributed by atoms with van der Waals surface area (Å²) in [4.78, 5) is 11.1. The number of benzene rings is 1. The van der Waals surface area contributed by atoms with Crippen molar-refractivity contribution in [2.24, 2.45) is 0 Å². The normalized spacial score (nSPS) is 21.3. The molecule has 1 N–H and O–H groups in total. The summed E-state index contributed by atoms with van der Waals surface area (Å²) in [5, 5.41) is 2.10. The second-order valence-electron chi connectivity index (χ2n) is 4.03. The molecular weight excluding hydrogens is 260 g/mol. The van der Waals surface area contributed by atoms with Crippen LogP contribution in [0.2, 0.25) is 0 Å². The van der Waals surface area contributed by atoms with Gasteiger partial charge in [-0.3, -0.25) is 0 Å². The van der Waals surface area contributed by atoms with Gasteiger partial charge in [0.25, 0.3) is 0 Å². The van der Waals surface area contributed by atoms with Crippen molar-refractivity contribution < 1.29 is 27.8 Å². The number of ether oxygens (including phenoxy) is 3. The summed E-state index contributed by atoms with van der Waals surface area (Å²) < 4.78 is 41.8. The molecule has 1 aliphatic rings. The van der Waals surface area contributed by atoms with Crippen molar-refractivity contribution in [3.63, 3.8) is 0 Å². The summed E-state index contributed by atoms with van der Waals surface area (Å²) in [7, 11) is 2.85. The Bertz CT molecular complexity index is 493. The first-order valence-electron chi connectivity index (χ1n) is 5.51. The summed E-state index contributed by atoms with van der Waals surface area (Å²) in [6, 6.07) is 2.91. The van der Waals surface area contributed by atoms with Gasteiger partial charge in [-0.15, -0.1) is 0 Å². The van der Waals surface area contributed by atoms with Crippen LogP contribution in [0.1, 0.15) is 11.6 Å². The predicted octanol–water partition coefficient (Wildman–Crippen LogP) is 2.12. The van der Waals surface area contributed by atoms with Crippen molar-refractivity contribution >= 4 is 6.09 Å². The Kier molecular flexibility index (Phi) is 3.46. The van der Waals surface area contributed by atoms with Crippen molar-refractivity contribution in [3.8, 4) is 11.5 Å². The van der Waals surface area contributed by atoms with E-state index in [1.165, 1.54) is 32.4 Å². The van der Waals surface area contributed by atoms with Gasteiger partial charge >= 0.3 is 12.0 Å². The van der Waals surface area contributed by atoms with Gasteiger partial charge in [0.1, 0.15) is 6.04 Å². The van der Waals surface area contributed by atoms with E-state index < -0.39 is 24.7 Å². The quantitative estimate of drug-likeness (QED) is 0.916. The van der Waals surface area contributed by atoms with E-state index in [-0.39, 0.29) is 5.56 Å². The molecule has 5 nitrogen and oxygen atoms in total. The number of alkyl carbamates (subject to hydrolysis) is 1. The highest BCUT2D eigenvalue weighted by Gasteiger charge is 2.47. The SMILES string of the molecule is COc1ccc([C@H]2NC(=O)OCC2(F)F)cc1OC. The van der Waals surface area contributed by atoms with E-state index in [2.05, 4.69) is 10.1 Å². The van der Waals surface area contributed by atoms with Crippen molar-refractivity contribution in [1.82, 2.24) is 5.32 Å². The van der Waals surface area contributed by atoms with Gasteiger partial charge in [-0.2, -0.15) is 0 Å². The average Bonchev–Trinajstić information content (AvgIpc) is 2.40. The van der Waals surface area contributed by atoms with E-state index in [1.54, 1.807) is 0 Å². The number of hydrogen-bond acceptors (Lipinski definition) is 4. The molecule has 7 heteroatoms. The Morgan fingerprint density at radius 3 is 2.63 bits per heavy atom. The molecular formula is C12H13F2NO4. The molecule has 0 spiro atoms. The number of halogens is 2. The molecule has 1 aliphatic heterocycles. The second-order valence-corrected chi connectivity index (χ2v) is 4.03. The topological polar surface area (TPSA) is 56.8 Å². The summed E-state index contributed by atoms with van der Waals surface area (Å²) in [5.74, 6) is -2.45. The zero-order chi connectivity index (χ0) is 14.0.